The van der Waals surface area contributed by atoms with Crippen molar-refractivity contribution in [2.24, 2.45) is 0 Å². The third kappa shape index (κ3) is 5.24. The van der Waals surface area contributed by atoms with Crippen molar-refractivity contribution in [3.05, 3.63) is 54.1 Å². The van der Waals surface area contributed by atoms with Gasteiger partial charge >= 0.3 is 0 Å². The van der Waals surface area contributed by atoms with Crippen LogP contribution >= 0.6 is 0 Å². The van der Waals surface area contributed by atoms with Crippen LogP contribution in [0.5, 0.6) is 11.5 Å². The Balaban J connectivity index is 2.03. The van der Waals surface area contributed by atoms with Gasteiger partial charge in [-0.05, 0) is 36.8 Å². The van der Waals surface area contributed by atoms with E-state index in [0.717, 1.165) is 11.3 Å². The molecule has 1 N–H and O–H groups in total. The van der Waals surface area contributed by atoms with Crippen LogP contribution in [0.2, 0.25) is 0 Å². The monoisotopic (exact) mass is 356 g/mol. The molecule has 26 heavy (non-hydrogen) atoms. The molecule has 0 bridgehead atoms. The van der Waals surface area contributed by atoms with Crippen LogP contribution in [-0.2, 0) is 16.1 Å². The smallest absolute Gasteiger partial charge is 0.240 e. The molecule has 0 fully saturated rings. The van der Waals surface area contributed by atoms with Crippen LogP contribution < -0.4 is 19.7 Å². The van der Waals surface area contributed by atoms with Crippen LogP contribution in [0, 0.1) is 0 Å². The highest BCUT2D eigenvalue weighted by molar-refractivity contribution is 5.98. The SMILES string of the molecule is CCOc1ccccc1N(CC(=O)NCc1ccc(OC)cc1)C(C)=O. The Bertz CT molecular complexity index is 744. The van der Waals surface area contributed by atoms with Crippen LogP contribution in [0.15, 0.2) is 48.5 Å². The van der Waals surface area contributed by atoms with E-state index in [2.05, 4.69) is 5.32 Å². The van der Waals surface area contributed by atoms with Crippen LogP contribution in [0.25, 0.3) is 0 Å². The number of carbonyl (C=O) groups excluding carboxylic acids is 2. The lowest BCUT2D eigenvalue weighted by molar-refractivity contribution is -0.123. The van der Waals surface area contributed by atoms with Crippen molar-refractivity contribution < 1.29 is 19.1 Å². The quantitative estimate of drug-likeness (QED) is 0.790. The van der Waals surface area contributed by atoms with Crippen LogP contribution in [-0.4, -0.2) is 32.1 Å². The van der Waals surface area contributed by atoms with Crippen molar-refractivity contribution in [3.63, 3.8) is 0 Å². The van der Waals surface area contributed by atoms with Gasteiger partial charge < -0.3 is 14.8 Å². The van der Waals surface area contributed by atoms with E-state index in [9.17, 15) is 9.59 Å². The summed E-state index contributed by atoms with van der Waals surface area (Å²) in [5.41, 5.74) is 1.53. The minimum Gasteiger partial charge on any atom is -0.497 e. The molecule has 0 saturated heterocycles. The lowest BCUT2D eigenvalue weighted by atomic mass is 10.2. The lowest BCUT2D eigenvalue weighted by Gasteiger charge is -2.23. The Labute approximate surface area is 153 Å². The van der Waals surface area contributed by atoms with Gasteiger partial charge in [0.1, 0.15) is 18.0 Å². The first-order chi connectivity index (χ1) is 12.5. The molecule has 0 aliphatic rings. The fraction of sp³-hybridized carbons (Fsp3) is 0.300. The highest BCUT2D eigenvalue weighted by Crippen LogP contribution is 2.28. The number of carbonyl (C=O) groups is 2. The Morgan fingerprint density at radius 1 is 1.08 bits per heavy atom. The Morgan fingerprint density at radius 2 is 1.77 bits per heavy atom. The van der Waals surface area contributed by atoms with E-state index in [-0.39, 0.29) is 18.4 Å². The molecule has 0 heterocycles. The molecular weight excluding hydrogens is 332 g/mol. The molecule has 0 unspecified atom stereocenters. The normalized spacial score (nSPS) is 10.1. The van der Waals surface area contributed by atoms with E-state index >= 15 is 0 Å². The summed E-state index contributed by atoms with van der Waals surface area (Å²) in [6.45, 7) is 4.08. The Hall–Kier alpha value is -3.02. The zero-order valence-corrected chi connectivity index (χ0v) is 15.3. The average molecular weight is 356 g/mol. The van der Waals surface area contributed by atoms with Crippen molar-refractivity contribution in [2.45, 2.75) is 20.4 Å². The molecule has 2 rings (SSSR count). The van der Waals surface area contributed by atoms with Gasteiger partial charge in [-0.25, -0.2) is 0 Å². The number of rotatable bonds is 8. The number of anilines is 1. The van der Waals surface area contributed by atoms with Crippen molar-refractivity contribution in [1.82, 2.24) is 5.32 Å². The number of methoxy groups -OCH3 is 1. The molecule has 0 aliphatic carbocycles. The van der Waals surface area contributed by atoms with Gasteiger partial charge in [0.15, 0.2) is 0 Å². The second-order valence-electron chi connectivity index (χ2n) is 5.63. The number of ether oxygens (including phenoxy) is 2. The number of hydrogen-bond donors (Lipinski definition) is 1. The minimum atomic E-state index is -0.248. The topological polar surface area (TPSA) is 67.9 Å². The summed E-state index contributed by atoms with van der Waals surface area (Å²) in [4.78, 5) is 25.8. The van der Waals surface area contributed by atoms with Gasteiger partial charge in [-0.3, -0.25) is 14.5 Å². The van der Waals surface area contributed by atoms with E-state index < -0.39 is 0 Å². The first-order valence-corrected chi connectivity index (χ1v) is 8.44. The third-order valence-electron chi connectivity index (χ3n) is 3.79. The first-order valence-electron chi connectivity index (χ1n) is 8.44. The predicted octanol–water partition coefficient (Wildman–Crippen LogP) is 2.76. The number of amides is 2. The molecule has 0 spiro atoms. The molecule has 0 aromatic heterocycles. The first kappa shape index (κ1) is 19.3. The fourth-order valence-electron chi connectivity index (χ4n) is 2.47. The molecule has 2 aromatic rings. The molecule has 0 aliphatic heterocycles. The Kier molecular flexibility index (Phi) is 7.02. The van der Waals surface area contributed by atoms with Gasteiger partial charge in [-0.15, -0.1) is 0 Å². The van der Waals surface area contributed by atoms with Crippen molar-refractivity contribution >= 4 is 17.5 Å². The maximum Gasteiger partial charge on any atom is 0.240 e. The molecule has 6 nitrogen and oxygen atoms in total. The zero-order valence-electron chi connectivity index (χ0n) is 15.3. The number of nitrogens with one attached hydrogen (secondary N) is 1. The van der Waals surface area contributed by atoms with Crippen molar-refractivity contribution in [2.75, 3.05) is 25.2 Å². The lowest BCUT2D eigenvalue weighted by Crippen LogP contribution is -2.39. The van der Waals surface area contributed by atoms with Crippen LogP contribution in [0.1, 0.15) is 19.4 Å². The number of nitrogens with zero attached hydrogens (tertiary/aromatic N) is 1. The van der Waals surface area contributed by atoms with E-state index in [4.69, 9.17) is 9.47 Å². The van der Waals surface area contributed by atoms with Crippen LogP contribution in [0.4, 0.5) is 5.69 Å². The maximum atomic E-state index is 12.3. The van der Waals surface area contributed by atoms with Gasteiger partial charge in [0.25, 0.3) is 0 Å². The van der Waals surface area contributed by atoms with Gasteiger partial charge in [-0.2, -0.15) is 0 Å². The highest BCUT2D eigenvalue weighted by atomic mass is 16.5. The summed E-state index contributed by atoms with van der Waals surface area (Å²) in [6.07, 6.45) is 0. The zero-order chi connectivity index (χ0) is 18.9. The van der Waals surface area contributed by atoms with Gasteiger partial charge in [0, 0.05) is 13.5 Å². The third-order valence-corrected chi connectivity index (χ3v) is 3.79. The summed E-state index contributed by atoms with van der Waals surface area (Å²) < 4.78 is 10.7. The molecule has 2 amide bonds. The summed E-state index contributed by atoms with van der Waals surface area (Å²) in [6, 6.07) is 14.6. The Morgan fingerprint density at radius 3 is 2.38 bits per heavy atom. The van der Waals surface area contributed by atoms with Gasteiger partial charge in [-0.1, -0.05) is 24.3 Å². The van der Waals surface area contributed by atoms with E-state index in [1.54, 1.807) is 19.2 Å². The molecule has 0 radical (unpaired) electrons. The molecule has 0 saturated carbocycles. The average Bonchev–Trinajstić information content (AvgIpc) is 2.65. The summed E-state index contributed by atoms with van der Waals surface area (Å²) in [7, 11) is 1.60. The van der Waals surface area contributed by atoms with Crippen LogP contribution in [0.3, 0.4) is 0 Å². The fourth-order valence-corrected chi connectivity index (χ4v) is 2.47. The van der Waals surface area contributed by atoms with Gasteiger partial charge in [0.2, 0.25) is 11.8 Å². The molecule has 6 heteroatoms. The molecule has 2 aromatic carbocycles. The van der Waals surface area contributed by atoms with Crippen molar-refractivity contribution in [1.29, 1.82) is 0 Å². The predicted molar refractivity (Wildman–Crippen MR) is 100 cm³/mol. The minimum absolute atomic E-state index is 0.0738. The molecular formula is C20H24N2O4. The summed E-state index contributed by atoms with van der Waals surface area (Å²) in [5, 5.41) is 2.83. The second kappa shape index (κ2) is 9.46. The molecule has 138 valence electrons. The molecule has 0 atom stereocenters. The largest absolute Gasteiger partial charge is 0.497 e. The maximum absolute atomic E-state index is 12.3. The van der Waals surface area contributed by atoms with E-state index in [1.807, 2.05) is 43.3 Å². The van der Waals surface area contributed by atoms with E-state index in [1.165, 1.54) is 11.8 Å². The number of hydrogen-bond acceptors (Lipinski definition) is 4. The summed E-state index contributed by atoms with van der Waals surface area (Å²) in [5.74, 6) is 0.864. The number of benzene rings is 2. The second-order valence-corrected chi connectivity index (χ2v) is 5.63. The number of para-hydroxylation sites is 2. The van der Waals surface area contributed by atoms with Gasteiger partial charge in [0.05, 0.1) is 19.4 Å². The standard InChI is InChI=1S/C20H24N2O4/c1-4-26-19-8-6-5-7-18(19)22(15(2)23)14-20(24)21-13-16-9-11-17(25-3)12-10-16/h5-12H,4,13-14H2,1-3H3,(H,21,24). The van der Waals surface area contributed by atoms with Crippen molar-refractivity contribution in [3.8, 4) is 11.5 Å². The summed E-state index contributed by atoms with van der Waals surface area (Å²) >= 11 is 0. The highest BCUT2D eigenvalue weighted by Gasteiger charge is 2.19. The van der Waals surface area contributed by atoms with E-state index in [0.29, 0.717) is 24.6 Å².